The first-order chi connectivity index (χ1) is 13.8. The Morgan fingerprint density at radius 3 is 2.41 bits per heavy atom. The standard InChI is InChI=1S/C24H24N2O3/c1-24(2,3)19-11-9-18(10-12-19)22(27)23(28)26-20-7-4-8-21(14-20)29-16-17-6-5-13-25-15-17/h4-15H,16H2,1-3H3,(H,26,28). The van der Waals surface area contributed by atoms with Gasteiger partial charge in [-0.15, -0.1) is 0 Å². The summed E-state index contributed by atoms with van der Waals surface area (Å²) >= 11 is 0. The zero-order valence-corrected chi connectivity index (χ0v) is 16.8. The highest BCUT2D eigenvalue weighted by Crippen LogP contribution is 2.23. The molecular formula is C24H24N2O3. The third-order valence-corrected chi connectivity index (χ3v) is 4.44. The van der Waals surface area contributed by atoms with Gasteiger partial charge in [0.15, 0.2) is 0 Å². The van der Waals surface area contributed by atoms with Gasteiger partial charge in [0.2, 0.25) is 0 Å². The molecule has 1 heterocycles. The Kier molecular flexibility index (Phi) is 6.07. The molecule has 29 heavy (non-hydrogen) atoms. The number of amides is 1. The number of rotatable bonds is 6. The fourth-order valence-corrected chi connectivity index (χ4v) is 2.75. The molecule has 1 amide bonds. The summed E-state index contributed by atoms with van der Waals surface area (Å²) in [7, 11) is 0. The minimum atomic E-state index is -0.682. The second-order valence-corrected chi connectivity index (χ2v) is 7.79. The molecule has 0 aliphatic carbocycles. The Hall–Kier alpha value is -3.47. The number of carbonyl (C=O) groups excluding carboxylic acids is 2. The monoisotopic (exact) mass is 388 g/mol. The van der Waals surface area contributed by atoms with Crippen LogP contribution in [0.4, 0.5) is 5.69 Å². The van der Waals surface area contributed by atoms with Crippen molar-refractivity contribution in [1.82, 2.24) is 4.98 Å². The topological polar surface area (TPSA) is 68.3 Å². The van der Waals surface area contributed by atoms with Gasteiger partial charge in [0.25, 0.3) is 11.7 Å². The van der Waals surface area contributed by atoms with E-state index >= 15 is 0 Å². The zero-order valence-electron chi connectivity index (χ0n) is 16.8. The summed E-state index contributed by atoms with van der Waals surface area (Å²) in [6, 6.07) is 17.9. The van der Waals surface area contributed by atoms with Crippen LogP contribution in [0.15, 0.2) is 73.1 Å². The molecule has 0 aliphatic rings. The minimum Gasteiger partial charge on any atom is -0.489 e. The Morgan fingerprint density at radius 1 is 1.00 bits per heavy atom. The Labute approximate surface area is 170 Å². The Balaban J connectivity index is 1.63. The molecule has 0 bridgehead atoms. The van der Waals surface area contributed by atoms with Gasteiger partial charge in [0.1, 0.15) is 12.4 Å². The van der Waals surface area contributed by atoms with Gasteiger partial charge < -0.3 is 10.1 Å². The van der Waals surface area contributed by atoms with Gasteiger partial charge in [0, 0.05) is 35.3 Å². The third-order valence-electron chi connectivity index (χ3n) is 4.44. The second kappa shape index (κ2) is 8.69. The number of nitrogens with zero attached hydrogens (tertiary/aromatic N) is 1. The number of nitrogens with one attached hydrogen (secondary N) is 1. The minimum absolute atomic E-state index is 0.0138. The van der Waals surface area contributed by atoms with E-state index < -0.39 is 11.7 Å². The quantitative estimate of drug-likeness (QED) is 0.487. The zero-order chi connectivity index (χ0) is 20.9. The summed E-state index contributed by atoms with van der Waals surface area (Å²) in [6.07, 6.45) is 3.43. The number of aromatic nitrogens is 1. The van der Waals surface area contributed by atoms with E-state index in [1.54, 1.807) is 48.8 Å². The van der Waals surface area contributed by atoms with E-state index in [4.69, 9.17) is 4.74 Å². The lowest BCUT2D eigenvalue weighted by molar-refractivity contribution is -0.112. The molecule has 0 aliphatic heterocycles. The average Bonchev–Trinajstić information content (AvgIpc) is 2.72. The highest BCUT2D eigenvalue weighted by atomic mass is 16.5. The highest BCUT2D eigenvalue weighted by molar-refractivity contribution is 6.46. The Morgan fingerprint density at radius 2 is 1.76 bits per heavy atom. The second-order valence-electron chi connectivity index (χ2n) is 7.79. The van der Waals surface area contributed by atoms with E-state index in [1.165, 1.54) is 0 Å². The van der Waals surface area contributed by atoms with Crippen LogP contribution in [0.1, 0.15) is 42.3 Å². The molecule has 3 rings (SSSR count). The first-order valence-electron chi connectivity index (χ1n) is 9.41. The number of hydrogen-bond acceptors (Lipinski definition) is 4. The van der Waals surface area contributed by atoms with Gasteiger partial charge in [-0.3, -0.25) is 14.6 Å². The number of benzene rings is 2. The number of Topliss-reactive ketones (excluding diaryl/α,β-unsaturated/α-hetero) is 1. The predicted octanol–water partition coefficient (Wildman–Crippen LogP) is 4.78. The van der Waals surface area contributed by atoms with Gasteiger partial charge in [-0.1, -0.05) is 57.2 Å². The van der Waals surface area contributed by atoms with Gasteiger partial charge in [-0.25, -0.2) is 0 Å². The van der Waals surface area contributed by atoms with Gasteiger partial charge in [-0.2, -0.15) is 0 Å². The number of carbonyl (C=O) groups is 2. The van der Waals surface area contributed by atoms with Crippen molar-refractivity contribution in [3.8, 4) is 5.75 Å². The maximum absolute atomic E-state index is 12.5. The van der Waals surface area contributed by atoms with Crippen molar-refractivity contribution in [1.29, 1.82) is 0 Å². The molecule has 2 aromatic carbocycles. The molecule has 5 heteroatoms. The summed E-state index contributed by atoms with van der Waals surface area (Å²) in [5.41, 5.74) is 2.89. The van der Waals surface area contributed by atoms with Crippen LogP contribution in [0, 0.1) is 0 Å². The van der Waals surface area contributed by atoms with E-state index in [-0.39, 0.29) is 5.41 Å². The molecular weight excluding hydrogens is 364 g/mol. The van der Waals surface area contributed by atoms with Crippen molar-refractivity contribution in [3.05, 3.63) is 89.7 Å². The molecule has 0 saturated carbocycles. The largest absolute Gasteiger partial charge is 0.489 e. The summed E-state index contributed by atoms with van der Waals surface area (Å²) in [4.78, 5) is 28.9. The molecule has 0 saturated heterocycles. The highest BCUT2D eigenvalue weighted by Gasteiger charge is 2.18. The van der Waals surface area contributed by atoms with Crippen LogP contribution in [-0.2, 0) is 16.8 Å². The van der Waals surface area contributed by atoms with Crippen LogP contribution >= 0.6 is 0 Å². The van der Waals surface area contributed by atoms with Gasteiger partial charge in [-0.05, 0) is 29.2 Å². The number of pyridine rings is 1. The SMILES string of the molecule is CC(C)(C)c1ccc(C(=O)C(=O)Nc2cccc(OCc3cccnc3)c2)cc1. The third kappa shape index (κ3) is 5.51. The lowest BCUT2D eigenvalue weighted by Crippen LogP contribution is -2.23. The first-order valence-corrected chi connectivity index (χ1v) is 9.41. The van der Waals surface area contributed by atoms with Crippen molar-refractivity contribution in [2.24, 2.45) is 0 Å². The maximum Gasteiger partial charge on any atom is 0.296 e. The smallest absolute Gasteiger partial charge is 0.296 e. The van der Waals surface area contributed by atoms with Gasteiger partial charge >= 0.3 is 0 Å². The molecule has 0 spiro atoms. The van der Waals surface area contributed by atoms with Crippen molar-refractivity contribution in [3.63, 3.8) is 0 Å². The number of hydrogen-bond donors (Lipinski definition) is 1. The molecule has 0 fully saturated rings. The van der Waals surface area contributed by atoms with E-state index in [9.17, 15) is 9.59 Å². The van der Waals surface area contributed by atoms with E-state index in [0.717, 1.165) is 11.1 Å². The van der Waals surface area contributed by atoms with Crippen LogP contribution in [-0.4, -0.2) is 16.7 Å². The van der Waals surface area contributed by atoms with E-state index in [0.29, 0.717) is 23.6 Å². The summed E-state index contributed by atoms with van der Waals surface area (Å²) < 4.78 is 5.73. The molecule has 0 radical (unpaired) electrons. The summed E-state index contributed by atoms with van der Waals surface area (Å²) in [5.74, 6) is -0.668. The molecule has 148 valence electrons. The number of ether oxygens (including phenoxy) is 1. The van der Waals surface area contributed by atoms with Crippen LogP contribution in [0.3, 0.4) is 0 Å². The van der Waals surface area contributed by atoms with Crippen molar-refractivity contribution < 1.29 is 14.3 Å². The summed E-state index contributed by atoms with van der Waals surface area (Å²) in [5, 5.41) is 2.64. The molecule has 3 aromatic rings. The molecule has 0 unspecified atom stereocenters. The van der Waals surface area contributed by atoms with Crippen LogP contribution < -0.4 is 10.1 Å². The molecule has 0 atom stereocenters. The molecule has 1 aromatic heterocycles. The van der Waals surface area contributed by atoms with Crippen LogP contribution in [0.2, 0.25) is 0 Å². The predicted molar refractivity (Wildman–Crippen MR) is 113 cm³/mol. The summed E-state index contributed by atoms with van der Waals surface area (Å²) in [6.45, 7) is 6.66. The fraction of sp³-hybridized carbons (Fsp3) is 0.208. The normalized spacial score (nSPS) is 11.0. The van der Waals surface area contributed by atoms with Crippen LogP contribution in [0.5, 0.6) is 5.75 Å². The molecule has 1 N–H and O–H groups in total. The van der Waals surface area contributed by atoms with Gasteiger partial charge in [0.05, 0.1) is 0 Å². The van der Waals surface area contributed by atoms with Crippen LogP contribution in [0.25, 0.3) is 0 Å². The fourth-order valence-electron chi connectivity index (χ4n) is 2.75. The van der Waals surface area contributed by atoms with E-state index in [1.807, 2.05) is 24.3 Å². The number of anilines is 1. The van der Waals surface area contributed by atoms with Crippen molar-refractivity contribution in [2.45, 2.75) is 32.8 Å². The molecule has 5 nitrogen and oxygen atoms in total. The lowest BCUT2D eigenvalue weighted by atomic mass is 9.86. The van der Waals surface area contributed by atoms with Crippen molar-refractivity contribution >= 4 is 17.4 Å². The number of ketones is 1. The maximum atomic E-state index is 12.5. The lowest BCUT2D eigenvalue weighted by Gasteiger charge is -2.18. The van der Waals surface area contributed by atoms with Crippen molar-refractivity contribution in [2.75, 3.05) is 5.32 Å². The van der Waals surface area contributed by atoms with E-state index in [2.05, 4.69) is 31.1 Å². The average molecular weight is 388 g/mol. The first kappa shape index (κ1) is 20.3. The Bertz CT molecular complexity index is 991.